The van der Waals surface area contributed by atoms with E-state index >= 15 is 0 Å². The zero-order valence-electron chi connectivity index (χ0n) is 13.0. The van der Waals surface area contributed by atoms with E-state index in [4.69, 9.17) is 9.47 Å². The Labute approximate surface area is 142 Å². The third-order valence-electron chi connectivity index (χ3n) is 3.25. The number of fused-ring (bicyclic) bond motifs is 1. The van der Waals surface area contributed by atoms with Gasteiger partial charge in [0.1, 0.15) is 19.0 Å². The molecule has 0 spiro atoms. The molecule has 0 saturated carbocycles. The lowest BCUT2D eigenvalue weighted by molar-refractivity contribution is -0.136. The van der Waals surface area contributed by atoms with E-state index in [1.54, 1.807) is 18.2 Å². The van der Waals surface area contributed by atoms with Gasteiger partial charge in [-0.05, 0) is 48.0 Å². The summed E-state index contributed by atoms with van der Waals surface area (Å²) in [4.78, 5) is 23.4. The third kappa shape index (κ3) is 4.31. The zero-order valence-corrected chi connectivity index (χ0v) is 13.0. The maximum atomic E-state index is 12.8. The first-order chi connectivity index (χ1) is 12.1. The summed E-state index contributed by atoms with van der Waals surface area (Å²) in [6.45, 7) is 0.966. The monoisotopic (exact) mass is 343 g/mol. The van der Waals surface area contributed by atoms with Gasteiger partial charge in [-0.25, -0.2) is 9.82 Å². The Kier molecular flexibility index (Phi) is 4.89. The fourth-order valence-electron chi connectivity index (χ4n) is 2.08. The van der Waals surface area contributed by atoms with Crippen molar-refractivity contribution in [2.24, 2.45) is 5.10 Å². The van der Waals surface area contributed by atoms with Crippen LogP contribution < -0.4 is 20.2 Å². The molecule has 0 aromatic heterocycles. The molecule has 0 radical (unpaired) electrons. The Hall–Kier alpha value is -3.42. The SMILES string of the molecule is O=C(NN=Cc1ccc2c(c1)OCCO2)C(=O)Nc1ccc(F)cc1. The van der Waals surface area contributed by atoms with Gasteiger partial charge < -0.3 is 14.8 Å². The number of carbonyl (C=O) groups excluding carboxylic acids is 2. The van der Waals surface area contributed by atoms with Gasteiger partial charge in [-0.15, -0.1) is 0 Å². The Morgan fingerprint density at radius 2 is 1.72 bits per heavy atom. The number of carbonyl (C=O) groups is 2. The van der Waals surface area contributed by atoms with Gasteiger partial charge in [0.05, 0.1) is 6.21 Å². The van der Waals surface area contributed by atoms with E-state index in [1.807, 2.05) is 0 Å². The van der Waals surface area contributed by atoms with E-state index in [1.165, 1.54) is 30.5 Å². The quantitative estimate of drug-likeness (QED) is 0.504. The highest BCUT2D eigenvalue weighted by Crippen LogP contribution is 2.30. The molecule has 1 heterocycles. The van der Waals surface area contributed by atoms with Crippen LogP contribution in [0.25, 0.3) is 0 Å². The van der Waals surface area contributed by atoms with E-state index in [2.05, 4.69) is 15.8 Å². The van der Waals surface area contributed by atoms with Crippen LogP contribution in [-0.2, 0) is 9.59 Å². The molecule has 0 bridgehead atoms. The van der Waals surface area contributed by atoms with Crippen LogP contribution in [0.3, 0.4) is 0 Å². The van der Waals surface area contributed by atoms with Crippen molar-refractivity contribution < 1.29 is 23.5 Å². The molecule has 2 N–H and O–H groups in total. The lowest BCUT2D eigenvalue weighted by atomic mass is 10.2. The Balaban J connectivity index is 1.55. The molecule has 1 aliphatic heterocycles. The van der Waals surface area contributed by atoms with Gasteiger partial charge in [-0.1, -0.05) is 0 Å². The number of nitrogens with one attached hydrogen (secondary N) is 2. The van der Waals surface area contributed by atoms with Crippen molar-refractivity contribution in [1.82, 2.24) is 5.43 Å². The molecule has 0 atom stereocenters. The first-order valence-electron chi connectivity index (χ1n) is 7.41. The molecule has 0 aliphatic carbocycles. The molecule has 25 heavy (non-hydrogen) atoms. The Morgan fingerprint density at radius 3 is 2.48 bits per heavy atom. The summed E-state index contributed by atoms with van der Waals surface area (Å²) in [5.74, 6) is -1.06. The smallest absolute Gasteiger partial charge is 0.329 e. The number of benzene rings is 2. The zero-order chi connectivity index (χ0) is 17.6. The molecule has 0 unspecified atom stereocenters. The number of amides is 2. The van der Waals surface area contributed by atoms with Crippen LogP contribution in [0.4, 0.5) is 10.1 Å². The molecule has 128 valence electrons. The molecule has 0 fully saturated rings. The maximum absolute atomic E-state index is 12.8. The van der Waals surface area contributed by atoms with Crippen molar-refractivity contribution in [3.63, 3.8) is 0 Å². The van der Waals surface area contributed by atoms with Crippen molar-refractivity contribution >= 4 is 23.7 Å². The van der Waals surface area contributed by atoms with Crippen molar-refractivity contribution in [3.8, 4) is 11.5 Å². The minimum Gasteiger partial charge on any atom is -0.486 e. The van der Waals surface area contributed by atoms with Gasteiger partial charge in [-0.2, -0.15) is 5.10 Å². The number of nitrogens with zero attached hydrogens (tertiary/aromatic N) is 1. The average molecular weight is 343 g/mol. The van der Waals surface area contributed by atoms with Crippen LogP contribution in [0.5, 0.6) is 11.5 Å². The summed E-state index contributed by atoms with van der Waals surface area (Å²) < 4.78 is 23.6. The van der Waals surface area contributed by atoms with Gasteiger partial charge in [0, 0.05) is 5.69 Å². The highest BCUT2D eigenvalue weighted by molar-refractivity contribution is 6.39. The fraction of sp³-hybridized carbons (Fsp3) is 0.118. The molecule has 1 aliphatic rings. The molecular formula is C17H14FN3O4. The minimum absolute atomic E-state index is 0.303. The number of hydrazone groups is 1. The lowest BCUT2D eigenvalue weighted by Gasteiger charge is -2.18. The lowest BCUT2D eigenvalue weighted by Crippen LogP contribution is -2.32. The van der Waals surface area contributed by atoms with E-state index in [9.17, 15) is 14.0 Å². The van der Waals surface area contributed by atoms with Crippen LogP contribution in [0, 0.1) is 5.82 Å². The van der Waals surface area contributed by atoms with E-state index < -0.39 is 17.6 Å². The van der Waals surface area contributed by atoms with Crippen LogP contribution in [0.15, 0.2) is 47.6 Å². The highest BCUT2D eigenvalue weighted by atomic mass is 19.1. The number of ether oxygens (including phenoxy) is 2. The number of halogens is 1. The largest absolute Gasteiger partial charge is 0.486 e. The molecule has 0 saturated heterocycles. The summed E-state index contributed by atoms with van der Waals surface area (Å²) >= 11 is 0. The Morgan fingerprint density at radius 1 is 1.00 bits per heavy atom. The Bertz CT molecular complexity index is 821. The molecular weight excluding hydrogens is 329 g/mol. The topological polar surface area (TPSA) is 89.0 Å². The molecule has 7 nitrogen and oxygen atoms in total. The number of anilines is 1. The van der Waals surface area contributed by atoms with E-state index in [0.29, 0.717) is 36.0 Å². The normalized spacial score (nSPS) is 12.7. The first-order valence-corrected chi connectivity index (χ1v) is 7.41. The second-order valence-electron chi connectivity index (χ2n) is 5.06. The maximum Gasteiger partial charge on any atom is 0.329 e. The van der Waals surface area contributed by atoms with Crippen molar-refractivity contribution in [1.29, 1.82) is 0 Å². The van der Waals surface area contributed by atoms with Gasteiger partial charge in [0.25, 0.3) is 0 Å². The number of hydrogen-bond acceptors (Lipinski definition) is 5. The fourth-order valence-corrected chi connectivity index (χ4v) is 2.08. The second kappa shape index (κ2) is 7.43. The van der Waals surface area contributed by atoms with E-state index in [-0.39, 0.29) is 0 Å². The van der Waals surface area contributed by atoms with Crippen molar-refractivity contribution in [2.75, 3.05) is 18.5 Å². The second-order valence-corrected chi connectivity index (χ2v) is 5.06. The number of hydrogen-bond donors (Lipinski definition) is 2. The summed E-state index contributed by atoms with van der Waals surface area (Å²) in [6.07, 6.45) is 1.38. The van der Waals surface area contributed by atoms with Gasteiger partial charge in [0.15, 0.2) is 11.5 Å². The predicted octanol–water partition coefficient (Wildman–Crippen LogP) is 1.69. The number of rotatable bonds is 3. The third-order valence-corrected chi connectivity index (χ3v) is 3.25. The van der Waals surface area contributed by atoms with Crippen LogP contribution in [0.2, 0.25) is 0 Å². The van der Waals surface area contributed by atoms with Gasteiger partial charge in [0.2, 0.25) is 0 Å². The highest BCUT2D eigenvalue weighted by Gasteiger charge is 2.13. The molecule has 3 rings (SSSR count). The van der Waals surface area contributed by atoms with Gasteiger partial charge in [-0.3, -0.25) is 9.59 Å². The summed E-state index contributed by atoms with van der Waals surface area (Å²) in [5, 5.41) is 6.06. The molecule has 2 aromatic carbocycles. The van der Waals surface area contributed by atoms with Crippen molar-refractivity contribution in [2.45, 2.75) is 0 Å². The summed E-state index contributed by atoms with van der Waals surface area (Å²) in [7, 11) is 0. The standard InChI is InChI=1S/C17H14FN3O4/c18-12-2-4-13(5-3-12)20-16(22)17(23)21-19-10-11-1-6-14-15(9-11)25-8-7-24-14/h1-6,9-10H,7-8H2,(H,20,22)(H,21,23). The summed E-state index contributed by atoms with van der Waals surface area (Å²) in [5.41, 5.74) is 3.09. The minimum atomic E-state index is -0.946. The van der Waals surface area contributed by atoms with Crippen LogP contribution in [-0.4, -0.2) is 31.2 Å². The van der Waals surface area contributed by atoms with Crippen molar-refractivity contribution in [3.05, 3.63) is 53.8 Å². The summed E-state index contributed by atoms with van der Waals surface area (Å²) in [6, 6.07) is 10.2. The van der Waals surface area contributed by atoms with Crippen LogP contribution in [0.1, 0.15) is 5.56 Å². The first kappa shape index (κ1) is 16.4. The molecule has 8 heteroatoms. The van der Waals surface area contributed by atoms with Crippen LogP contribution >= 0.6 is 0 Å². The molecule has 2 aromatic rings. The van der Waals surface area contributed by atoms with Gasteiger partial charge >= 0.3 is 11.8 Å². The average Bonchev–Trinajstić information content (AvgIpc) is 2.63. The van der Waals surface area contributed by atoms with E-state index in [0.717, 1.165) is 0 Å². The molecule has 2 amide bonds. The predicted molar refractivity (Wildman–Crippen MR) is 88.2 cm³/mol.